The fourth-order valence-electron chi connectivity index (χ4n) is 5.01. The van der Waals surface area contributed by atoms with Crippen LogP contribution in [0.4, 0.5) is 0 Å². The van der Waals surface area contributed by atoms with Gasteiger partial charge < -0.3 is 14.8 Å². The van der Waals surface area contributed by atoms with Gasteiger partial charge in [0, 0.05) is 37.7 Å². The quantitative estimate of drug-likeness (QED) is 0.835. The van der Waals surface area contributed by atoms with Crippen LogP contribution in [0.2, 0.25) is 0 Å². The van der Waals surface area contributed by atoms with Gasteiger partial charge in [-0.1, -0.05) is 12.8 Å². The van der Waals surface area contributed by atoms with Crippen molar-refractivity contribution in [1.82, 2.24) is 10.2 Å². The molecule has 5 nitrogen and oxygen atoms in total. The number of carbonyl (C=O) groups excluding carboxylic acids is 1. The van der Waals surface area contributed by atoms with Crippen molar-refractivity contribution in [2.24, 2.45) is 5.92 Å². The molecule has 1 N–H and O–H groups in total. The van der Waals surface area contributed by atoms with E-state index in [9.17, 15) is 4.79 Å². The summed E-state index contributed by atoms with van der Waals surface area (Å²) in [6.45, 7) is 4.39. The number of hydrogen-bond donors (Lipinski definition) is 1. The molecule has 2 saturated carbocycles. The summed E-state index contributed by atoms with van der Waals surface area (Å²) in [6, 6.07) is 0.319. The summed E-state index contributed by atoms with van der Waals surface area (Å²) in [6.07, 6.45) is 10.5. The molecular weight excluding hydrogens is 304 g/mol. The van der Waals surface area contributed by atoms with Crippen molar-refractivity contribution in [3.8, 4) is 0 Å². The van der Waals surface area contributed by atoms with Crippen molar-refractivity contribution in [2.75, 3.05) is 32.9 Å². The highest BCUT2D eigenvalue weighted by atomic mass is 16.5. The molecular formula is C19H32N2O3. The third-order valence-electron chi connectivity index (χ3n) is 6.53. The molecule has 0 bridgehead atoms. The highest BCUT2D eigenvalue weighted by Crippen LogP contribution is 2.40. The van der Waals surface area contributed by atoms with E-state index < -0.39 is 0 Å². The first-order chi connectivity index (χ1) is 11.8. The second kappa shape index (κ2) is 7.30. The number of carbonyl (C=O) groups is 1. The molecule has 2 saturated heterocycles. The Labute approximate surface area is 145 Å². The number of morpholine rings is 1. The number of ether oxygens (including phenoxy) is 2. The number of rotatable bonds is 5. The normalized spacial score (nSPS) is 34.2. The molecule has 0 radical (unpaired) electrons. The number of nitrogens with zero attached hydrogens (tertiary/aromatic N) is 1. The van der Waals surface area contributed by atoms with Crippen molar-refractivity contribution in [1.29, 1.82) is 0 Å². The van der Waals surface area contributed by atoms with E-state index in [1.165, 1.54) is 38.5 Å². The van der Waals surface area contributed by atoms with Crippen LogP contribution in [0.25, 0.3) is 0 Å². The van der Waals surface area contributed by atoms with E-state index in [0.717, 1.165) is 51.7 Å². The lowest BCUT2D eigenvalue weighted by molar-refractivity contribution is -0.127. The predicted octanol–water partition coefficient (Wildman–Crippen LogP) is 2.10. The van der Waals surface area contributed by atoms with Crippen LogP contribution in [0.3, 0.4) is 0 Å². The molecule has 5 heteroatoms. The minimum absolute atomic E-state index is 0.0922. The monoisotopic (exact) mass is 336 g/mol. The number of amides is 1. The standard InChI is InChI=1S/C19H32N2O3/c22-18(20-16-5-10-24-17(13-16)15-3-4-15)14-19(6-1-2-7-19)21-8-11-23-12-9-21/h15-17H,1-14H2,(H,20,22). The number of nitrogens with one attached hydrogen (secondary N) is 1. The molecule has 24 heavy (non-hydrogen) atoms. The zero-order chi connectivity index (χ0) is 16.4. The summed E-state index contributed by atoms with van der Waals surface area (Å²) in [5.74, 6) is 1.02. The van der Waals surface area contributed by atoms with Crippen LogP contribution in [-0.2, 0) is 14.3 Å². The smallest absolute Gasteiger partial charge is 0.222 e. The molecule has 4 aliphatic rings. The van der Waals surface area contributed by atoms with Gasteiger partial charge in [-0.2, -0.15) is 0 Å². The molecule has 1 amide bonds. The van der Waals surface area contributed by atoms with Crippen molar-refractivity contribution in [3.05, 3.63) is 0 Å². The second-order valence-electron chi connectivity index (χ2n) is 8.24. The fraction of sp³-hybridized carbons (Fsp3) is 0.947. The van der Waals surface area contributed by atoms with Crippen LogP contribution < -0.4 is 5.32 Å². The first-order valence-corrected chi connectivity index (χ1v) is 9.99. The zero-order valence-corrected chi connectivity index (χ0v) is 14.8. The number of hydrogen-bond acceptors (Lipinski definition) is 4. The lowest BCUT2D eigenvalue weighted by atomic mass is 9.89. The molecule has 0 aromatic rings. The van der Waals surface area contributed by atoms with Crippen LogP contribution in [0.15, 0.2) is 0 Å². The van der Waals surface area contributed by atoms with Gasteiger partial charge in [0.15, 0.2) is 0 Å². The Morgan fingerprint density at radius 2 is 1.83 bits per heavy atom. The van der Waals surface area contributed by atoms with Crippen LogP contribution in [0.1, 0.15) is 57.8 Å². The summed E-state index contributed by atoms with van der Waals surface area (Å²) in [7, 11) is 0. The summed E-state index contributed by atoms with van der Waals surface area (Å²) in [5.41, 5.74) is 0.0922. The van der Waals surface area contributed by atoms with Gasteiger partial charge in [0.2, 0.25) is 5.91 Å². The third kappa shape index (κ3) is 3.78. The third-order valence-corrected chi connectivity index (χ3v) is 6.53. The van der Waals surface area contributed by atoms with Crippen LogP contribution in [0.5, 0.6) is 0 Å². The maximum atomic E-state index is 12.8. The van der Waals surface area contributed by atoms with Gasteiger partial charge in [-0.25, -0.2) is 0 Å². The van der Waals surface area contributed by atoms with E-state index >= 15 is 0 Å². The highest BCUT2D eigenvalue weighted by Gasteiger charge is 2.42. The summed E-state index contributed by atoms with van der Waals surface area (Å²) < 4.78 is 11.4. The Morgan fingerprint density at radius 1 is 1.08 bits per heavy atom. The molecule has 0 spiro atoms. The SMILES string of the molecule is O=C(CC1(N2CCOCC2)CCCC1)NC1CCOC(C2CC2)C1. The fourth-order valence-corrected chi connectivity index (χ4v) is 5.01. The van der Waals surface area contributed by atoms with Gasteiger partial charge in [-0.15, -0.1) is 0 Å². The Morgan fingerprint density at radius 3 is 2.54 bits per heavy atom. The average Bonchev–Trinajstić information content (AvgIpc) is 3.36. The van der Waals surface area contributed by atoms with Crippen molar-refractivity contribution in [3.63, 3.8) is 0 Å². The van der Waals surface area contributed by atoms with Gasteiger partial charge in [0.05, 0.1) is 19.3 Å². The molecule has 0 aromatic heterocycles. The van der Waals surface area contributed by atoms with Gasteiger partial charge in [-0.05, 0) is 44.4 Å². The second-order valence-corrected chi connectivity index (χ2v) is 8.24. The molecule has 4 rings (SSSR count). The Balaban J connectivity index is 1.33. The summed E-state index contributed by atoms with van der Waals surface area (Å²) in [4.78, 5) is 15.3. The maximum absolute atomic E-state index is 12.8. The van der Waals surface area contributed by atoms with Crippen molar-refractivity contribution in [2.45, 2.75) is 75.5 Å². The first kappa shape index (κ1) is 16.8. The molecule has 2 heterocycles. The van der Waals surface area contributed by atoms with E-state index in [-0.39, 0.29) is 11.4 Å². The van der Waals surface area contributed by atoms with Crippen LogP contribution >= 0.6 is 0 Å². The predicted molar refractivity (Wildman–Crippen MR) is 91.8 cm³/mol. The summed E-state index contributed by atoms with van der Waals surface area (Å²) in [5, 5.41) is 3.35. The van der Waals surface area contributed by atoms with E-state index in [2.05, 4.69) is 10.2 Å². The minimum Gasteiger partial charge on any atom is -0.379 e. The molecule has 2 aliphatic carbocycles. The highest BCUT2D eigenvalue weighted by molar-refractivity contribution is 5.77. The molecule has 2 atom stereocenters. The van der Waals surface area contributed by atoms with Crippen LogP contribution in [-0.4, -0.2) is 61.4 Å². The zero-order valence-electron chi connectivity index (χ0n) is 14.8. The molecule has 2 aliphatic heterocycles. The molecule has 4 fully saturated rings. The van der Waals surface area contributed by atoms with E-state index in [4.69, 9.17) is 9.47 Å². The van der Waals surface area contributed by atoms with Gasteiger partial charge >= 0.3 is 0 Å². The topological polar surface area (TPSA) is 50.8 Å². The first-order valence-electron chi connectivity index (χ1n) is 9.99. The van der Waals surface area contributed by atoms with Crippen molar-refractivity contribution < 1.29 is 14.3 Å². The van der Waals surface area contributed by atoms with E-state index in [1.54, 1.807) is 0 Å². The molecule has 136 valence electrons. The minimum atomic E-state index is 0.0922. The molecule has 2 unspecified atom stereocenters. The largest absolute Gasteiger partial charge is 0.379 e. The van der Waals surface area contributed by atoms with E-state index in [1.807, 2.05) is 0 Å². The Bertz CT molecular complexity index is 440. The van der Waals surface area contributed by atoms with E-state index in [0.29, 0.717) is 18.6 Å². The average molecular weight is 336 g/mol. The Kier molecular flexibility index (Phi) is 5.11. The maximum Gasteiger partial charge on any atom is 0.222 e. The van der Waals surface area contributed by atoms with Crippen molar-refractivity contribution >= 4 is 5.91 Å². The van der Waals surface area contributed by atoms with Gasteiger partial charge in [-0.3, -0.25) is 9.69 Å². The van der Waals surface area contributed by atoms with Gasteiger partial charge in [0.1, 0.15) is 0 Å². The van der Waals surface area contributed by atoms with Gasteiger partial charge in [0.25, 0.3) is 0 Å². The summed E-state index contributed by atoms with van der Waals surface area (Å²) >= 11 is 0. The van der Waals surface area contributed by atoms with Crippen LogP contribution in [0, 0.1) is 5.92 Å². The lowest BCUT2D eigenvalue weighted by Crippen LogP contribution is -2.54. The molecule has 0 aromatic carbocycles. The Hall–Kier alpha value is -0.650. The lowest BCUT2D eigenvalue weighted by Gasteiger charge is -2.43.